The number of pyridine rings is 1. The smallest absolute Gasteiger partial charge is 0.270 e. The van der Waals surface area contributed by atoms with Gasteiger partial charge in [0.15, 0.2) is 9.84 Å². The minimum Gasteiger partial charge on any atom is -0.343 e. The number of hydrogen-bond acceptors (Lipinski definition) is 4. The minimum atomic E-state index is -3.19. The predicted molar refractivity (Wildman–Crippen MR) is 93.3 cm³/mol. The molecule has 1 amide bonds. The lowest BCUT2D eigenvalue weighted by atomic mass is 10.0. The van der Waals surface area contributed by atoms with Crippen molar-refractivity contribution in [1.29, 1.82) is 0 Å². The highest BCUT2D eigenvalue weighted by Gasteiger charge is 2.23. The van der Waals surface area contributed by atoms with E-state index in [9.17, 15) is 13.2 Å². The highest BCUT2D eigenvalue weighted by Crippen LogP contribution is 2.21. The molecular weight excluding hydrogens is 324 g/mol. The van der Waals surface area contributed by atoms with Crippen LogP contribution in [-0.2, 0) is 9.84 Å². The Morgan fingerprint density at radius 2 is 1.88 bits per heavy atom. The van der Waals surface area contributed by atoms with Gasteiger partial charge in [0, 0.05) is 17.2 Å². The summed E-state index contributed by atoms with van der Waals surface area (Å²) in [5.41, 5.74) is 4.66. The van der Waals surface area contributed by atoms with Crippen LogP contribution in [0.15, 0.2) is 48.0 Å². The maximum atomic E-state index is 12.2. The molecule has 1 aromatic carbocycles. The Hall–Kier alpha value is -2.47. The number of benzene rings is 1. The molecule has 1 aliphatic heterocycles. The lowest BCUT2D eigenvalue weighted by Gasteiger charge is -2.10. The minimum absolute atomic E-state index is 0.0978. The average molecular weight is 342 g/mol. The van der Waals surface area contributed by atoms with Crippen LogP contribution in [0.4, 0.5) is 0 Å². The first-order chi connectivity index (χ1) is 11.3. The maximum absolute atomic E-state index is 12.2. The number of sulfone groups is 1. The molecule has 1 N–H and O–H groups in total. The fraction of sp³-hybridized carbons (Fsp3) is 0.222. The van der Waals surface area contributed by atoms with Crippen molar-refractivity contribution in [2.24, 2.45) is 0 Å². The highest BCUT2D eigenvalue weighted by molar-refractivity contribution is 7.94. The van der Waals surface area contributed by atoms with Crippen molar-refractivity contribution in [2.45, 2.75) is 19.9 Å². The topological polar surface area (TPSA) is 76.1 Å². The zero-order chi connectivity index (χ0) is 17.3. The molecule has 0 radical (unpaired) electrons. The van der Waals surface area contributed by atoms with Crippen molar-refractivity contribution in [1.82, 2.24) is 10.3 Å². The Morgan fingerprint density at radius 1 is 1.12 bits per heavy atom. The van der Waals surface area contributed by atoms with Gasteiger partial charge in [0.2, 0.25) is 0 Å². The number of nitrogens with zero attached hydrogens (tertiary/aromatic N) is 1. The van der Waals surface area contributed by atoms with E-state index in [1.807, 2.05) is 12.1 Å². The Labute approximate surface area is 141 Å². The molecule has 0 saturated heterocycles. The number of aromatic nitrogens is 1. The Kier molecular flexibility index (Phi) is 4.24. The molecule has 1 atom stereocenters. The van der Waals surface area contributed by atoms with Gasteiger partial charge in [-0.1, -0.05) is 24.3 Å². The van der Waals surface area contributed by atoms with E-state index >= 15 is 0 Å². The second kappa shape index (κ2) is 6.20. The monoisotopic (exact) mass is 342 g/mol. The number of hydrogen-bond donors (Lipinski definition) is 1. The molecule has 0 spiro atoms. The molecule has 6 heteroatoms. The second-order valence-corrected chi connectivity index (χ2v) is 7.90. The van der Waals surface area contributed by atoms with E-state index in [-0.39, 0.29) is 17.4 Å². The van der Waals surface area contributed by atoms with Crippen LogP contribution in [0, 0.1) is 13.8 Å². The van der Waals surface area contributed by atoms with Crippen LogP contribution in [-0.4, -0.2) is 31.1 Å². The highest BCUT2D eigenvalue weighted by atomic mass is 32.2. The predicted octanol–water partition coefficient (Wildman–Crippen LogP) is 2.41. The summed E-state index contributed by atoms with van der Waals surface area (Å²) < 4.78 is 22.7. The van der Waals surface area contributed by atoms with Gasteiger partial charge in [-0.25, -0.2) is 8.42 Å². The lowest BCUT2D eigenvalue weighted by molar-refractivity contribution is 0.0942. The van der Waals surface area contributed by atoms with Gasteiger partial charge >= 0.3 is 0 Å². The van der Waals surface area contributed by atoms with Crippen LogP contribution in [0.25, 0.3) is 11.1 Å². The van der Waals surface area contributed by atoms with Crippen molar-refractivity contribution < 1.29 is 13.2 Å². The first-order valence-corrected chi connectivity index (χ1v) is 9.31. The lowest BCUT2D eigenvalue weighted by Crippen LogP contribution is -2.35. The summed E-state index contributed by atoms with van der Waals surface area (Å²) in [6.07, 6.45) is 3.14. The van der Waals surface area contributed by atoms with E-state index in [2.05, 4.69) is 36.3 Å². The van der Waals surface area contributed by atoms with Crippen LogP contribution in [0.5, 0.6) is 0 Å². The third kappa shape index (κ3) is 3.54. The van der Waals surface area contributed by atoms with Crippen LogP contribution >= 0.6 is 0 Å². The second-order valence-electron chi connectivity index (χ2n) is 5.97. The number of carbonyl (C=O) groups is 1. The Morgan fingerprint density at radius 3 is 2.46 bits per heavy atom. The largest absolute Gasteiger partial charge is 0.343 e. The number of nitrogens with one attached hydrogen (secondary N) is 1. The molecule has 1 aliphatic rings. The molecule has 2 aromatic rings. The first kappa shape index (κ1) is 16.4. The van der Waals surface area contributed by atoms with Crippen LogP contribution in [0.1, 0.15) is 21.6 Å². The van der Waals surface area contributed by atoms with E-state index in [4.69, 9.17) is 0 Å². The molecule has 0 bridgehead atoms. The Bertz CT molecular complexity index is 916. The van der Waals surface area contributed by atoms with Crippen LogP contribution in [0.2, 0.25) is 0 Å². The zero-order valence-corrected chi connectivity index (χ0v) is 14.3. The van der Waals surface area contributed by atoms with Gasteiger partial charge in [0.25, 0.3) is 5.91 Å². The molecule has 0 aliphatic carbocycles. The first-order valence-electron chi connectivity index (χ1n) is 7.59. The van der Waals surface area contributed by atoms with Gasteiger partial charge in [-0.2, -0.15) is 0 Å². The standard InChI is InChI=1S/C18H18N2O3S/c1-12-3-4-14(9-13(12)2)15-5-6-17(19-10-15)18(21)20-16-7-8-24(22,23)11-16/h3-10,16H,11H2,1-2H3,(H,20,21)/t16-/m1/s1. The SMILES string of the molecule is Cc1ccc(-c2ccc(C(=O)N[C@@H]3C=CS(=O)(=O)C3)nc2)cc1C. The van der Waals surface area contributed by atoms with E-state index < -0.39 is 15.9 Å². The molecule has 0 fully saturated rings. The summed E-state index contributed by atoms with van der Waals surface area (Å²) in [6, 6.07) is 9.15. The number of carbonyl (C=O) groups excluding carboxylic acids is 1. The molecule has 0 saturated carbocycles. The van der Waals surface area contributed by atoms with Crippen LogP contribution < -0.4 is 5.32 Å². The molecule has 0 unspecified atom stereocenters. The molecule has 124 valence electrons. The van der Waals surface area contributed by atoms with Gasteiger partial charge in [-0.15, -0.1) is 0 Å². The van der Waals surface area contributed by atoms with Crippen LogP contribution in [0.3, 0.4) is 0 Å². The average Bonchev–Trinajstić information content (AvgIpc) is 2.89. The summed E-state index contributed by atoms with van der Waals surface area (Å²) in [7, 11) is -3.19. The third-order valence-electron chi connectivity index (χ3n) is 4.08. The summed E-state index contributed by atoms with van der Waals surface area (Å²) in [5, 5.41) is 3.79. The van der Waals surface area contributed by atoms with Crippen molar-refractivity contribution in [3.05, 3.63) is 64.8 Å². The normalized spacial score (nSPS) is 18.5. The fourth-order valence-electron chi connectivity index (χ4n) is 2.53. The quantitative estimate of drug-likeness (QED) is 0.929. The van der Waals surface area contributed by atoms with Gasteiger partial charge < -0.3 is 5.32 Å². The van der Waals surface area contributed by atoms with E-state index in [1.54, 1.807) is 12.3 Å². The van der Waals surface area contributed by atoms with Gasteiger partial charge in [0.1, 0.15) is 5.69 Å². The van der Waals surface area contributed by atoms with Gasteiger partial charge in [-0.3, -0.25) is 9.78 Å². The molecule has 1 aromatic heterocycles. The van der Waals surface area contributed by atoms with E-state index in [0.29, 0.717) is 0 Å². The summed E-state index contributed by atoms with van der Waals surface area (Å²) in [6.45, 7) is 4.11. The zero-order valence-electron chi connectivity index (χ0n) is 13.5. The van der Waals surface area contributed by atoms with Crippen molar-refractivity contribution in [3.63, 3.8) is 0 Å². The maximum Gasteiger partial charge on any atom is 0.270 e. The fourth-order valence-corrected chi connectivity index (χ4v) is 3.76. The van der Waals surface area contributed by atoms with Crippen molar-refractivity contribution in [3.8, 4) is 11.1 Å². The molecule has 5 nitrogen and oxygen atoms in total. The number of aryl methyl sites for hydroxylation is 2. The molecule has 3 rings (SSSR count). The van der Waals surface area contributed by atoms with Gasteiger partial charge in [0.05, 0.1) is 11.8 Å². The van der Waals surface area contributed by atoms with Crippen molar-refractivity contribution in [2.75, 3.05) is 5.75 Å². The Balaban J connectivity index is 1.73. The van der Waals surface area contributed by atoms with E-state index in [1.165, 1.54) is 17.2 Å². The molecule has 24 heavy (non-hydrogen) atoms. The summed E-state index contributed by atoms with van der Waals surface area (Å²) in [5.74, 6) is -0.479. The van der Waals surface area contributed by atoms with E-state index in [0.717, 1.165) is 16.5 Å². The number of amides is 1. The third-order valence-corrected chi connectivity index (χ3v) is 5.48. The molecule has 2 heterocycles. The summed E-state index contributed by atoms with van der Waals surface area (Å²) in [4.78, 5) is 16.4. The van der Waals surface area contributed by atoms with Gasteiger partial charge in [-0.05, 0) is 42.7 Å². The van der Waals surface area contributed by atoms with Crippen molar-refractivity contribution >= 4 is 15.7 Å². The summed E-state index contributed by atoms with van der Waals surface area (Å²) >= 11 is 0. The molecular formula is C18H18N2O3S. The number of rotatable bonds is 3.